The Morgan fingerprint density at radius 2 is 2.19 bits per heavy atom. The van der Waals surface area contributed by atoms with Gasteiger partial charge in [-0.1, -0.05) is 0 Å². The highest BCUT2D eigenvalue weighted by atomic mass is 16.5. The first-order valence-electron chi connectivity index (χ1n) is 5.46. The Balaban J connectivity index is 2.33. The Kier molecular flexibility index (Phi) is 2.99. The minimum atomic E-state index is 0.145. The third kappa shape index (κ3) is 1.96. The molecule has 0 aromatic heterocycles. The van der Waals surface area contributed by atoms with Gasteiger partial charge in [-0.15, -0.1) is 0 Å². The van der Waals surface area contributed by atoms with Crippen molar-refractivity contribution >= 4 is 17.3 Å². The molecule has 1 heterocycles. The molecule has 0 radical (unpaired) electrons. The molecule has 1 amide bonds. The van der Waals surface area contributed by atoms with Crippen LogP contribution in [-0.4, -0.2) is 19.6 Å². The molecule has 1 fully saturated rings. The van der Waals surface area contributed by atoms with E-state index in [4.69, 9.17) is 10.5 Å². The summed E-state index contributed by atoms with van der Waals surface area (Å²) in [4.78, 5) is 13.5. The zero-order valence-electron chi connectivity index (χ0n) is 9.40. The average Bonchev–Trinajstić information content (AvgIpc) is 2.31. The molecule has 4 nitrogen and oxygen atoms in total. The van der Waals surface area contributed by atoms with E-state index < -0.39 is 0 Å². The zero-order chi connectivity index (χ0) is 11.5. The van der Waals surface area contributed by atoms with Crippen molar-refractivity contribution in [1.82, 2.24) is 0 Å². The summed E-state index contributed by atoms with van der Waals surface area (Å²) >= 11 is 0. The second kappa shape index (κ2) is 4.43. The van der Waals surface area contributed by atoms with Crippen molar-refractivity contribution in [3.8, 4) is 5.75 Å². The number of carbonyl (C=O) groups excluding carboxylic acids is 1. The lowest BCUT2D eigenvalue weighted by Gasteiger charge is -2.28. The number of hydrogen-bond donors (Lipinski definition) is 1. The number of nitrogen functional groups attached to an aromatic ring is 1. The maximum absolute atomic E-state index is 11.8. The second-order valence-corrected chi connectivity index (χ2v) is 3.93. The summed E-state index contributed by atoms with van der Waals surface area (Å²) < 4.78 is 5.14. The highest BCUT2D eigenvalue weighted by molar-refractivity contribution is 5.97. The first-order valence-corrected chi connectivity index (χ1v) is 5.46. The molecule has 0 aliphatic carbocycles. The molecule has 0 atom stereocenters. The molecule has 1 aliphatic rings. The molecule has 1 aliphatic heterocycles. The molecule has 86 valence electrons. The minimum absolute atomic E-state index is 0.145. The number of carbonyl (C=O) groups is 1. The van der Waals surface area contributed by atoms with Gasteiger partial charge in [0.25, 0.3) is 0 Å². The first-order chi connectivity index (χ1) is 7.72. The Hall–Kier alpha value is -1.71. The number of ether oxygens (including phenoxy) is 1. The number of nitrogens with two attached hydrogens (primary N) is 1. The lowest BCUT2D eigenvalue weighted by atomic mass is 10.1. The smallest absolute Gasteiger partial charge is 0.227 e. The van der Waals surface area contributed by atoms with E-state index in [0.717, 1.165) is 30.8 Å². The third-order valence-electron chi connectivity index (χ3n) is 2.85. The van der Waals surface area contributed by atoms with Crippen LogP contribution in [0.2, 0.25) is 0 Å². The van der Waals surface area contributed by atoms with E-state index in [9.17, 15) is 4.79 Å². The Morgan fingerprint density at radius 3 is 2.88 bits per heavy atom. The number of piperidine rings is 1. The van der Waals surface area contributed by atoms with Crippen LogP contribution in [0.1, 0.15) is 19.3 Å². The van der Waals surface area contributed by atoms with Crippen molar-refractivity contribution in [1.29, 1.82) is 0 Å². The molecule has 0 bridgehead atoms. The molecule has 2 N–H and O–H groups in total. The maximum Gasteiger partial charge on any atom is 0.227 e. The fraction of sp³-hybridized carbons (Fsp3) is 0.417. The van der Waals surface area contributed by atoms with Crippen LogP contribution < -0.4 is 15.4 Å². The van der Waals surface area contributed by atoms with E-state index in [-0.39, 0.29) is 5.91 Å². The molecule has 0 unspecified atom stereocenters. The summed E-state index contributed by atoms with van der Waals surface area (Å²) in [6.07, 6.45) is 2.61. The van der Waals surface area contributed by atoms with Crippen molar-refractivity contribution in [2.45, 2.75) is 19.3 Å². The number of amides is 1. The van der Waals surface area contributed by atoms with Crippen molar-refractivity contribution < 1.29 is 9.53 Å². The van der Waals surface area contributed by atoms with Crippen LogP contribution in [0.25, 0.3) is 0 Å². The van der Waals surface area contributed by atoms with Crippen molar-refractivity contribution in [2.24, 2.45) is 0 Å². The number of benzene rings is 1. The van der Waals surface area contributed by atoms with E-state index in [1.165, 1.54) is 0 Å². The van der Waals surface area contributed by atoms with Crippen LogP contribution in [0.15, 0.2) is 18.2 Å². The highest BCUT2D eigenvalue weighted by Gasteiger charge is 2.21. The summed E-state index contributed by atoms with van der Waals surface area (Å²) in [6, 6.07) is 5.39. The fourth-order valence-corrected chi connectivity index (χ4v) is 1.94. The van der Waals surface area contributed by atoms with Crippen LogP contribution in [0.3, 0.4) is 0 Å². The van der Waals surface area contributed by atoms with Gasteiger partial charge in [-0.05, 0) is 25.0 Å². The normalized spacial score (nSPS) is 16.3. The molecule has 0 saturated carbocycles. The molecule has 16 heavy (non-hydrogen) atoms. The van der Waals surface area contributed by atoms with E-state index in [1.54, 1.807) is 24.1 Å². The summed E-state index contributed by atoms with van der Waals surface area (Å²) in [6.45, 7) is 0.746. The topological polar surface area (TPSA) is 55.6 Å². The number of methoxy groups -OCH3 is 1. The van der Waals surface area contributed by atoms with E-state index in [1.807, 2.05) is 6.07 Å². The van der Waals surface area contributed by atoms with Crippen molar-refractivity contribution in [3.05, 3.63) is 18.2 Å². The second-order valence-electron chi connectivity index (χ2n) is 3.93. The number of nitrogens with zero attached hydrogens (tertiary/aromatic N) is 1. The van der Waals surface area contributed by atoms with E-state index >= 15 is 0 Å². The van der Waals surface area contributed by atoms with Crippen molar-refractivity contribution in [3.63, 3.8) is 0 Å². The maximum atomic E-state index is 11.8. The van der Waals surface area contributed by atoms with Gasteiger partial charge < -0.3 is 15.4 Å². The molecular formula is C12H16N2O2. The predicted octanol–water partition coefficient (Wildman–Crippen LogP) is 1.79. The van der Waals surface area contributed by atoms with Gasteiger partial charge >= 0.3 is 0 Å². The van der Waals surface area contributed by atoms with E-state index in [2.05, 4.69) is 0 Å². The van der Waals surface area contributed by atoms with Crippen molar-refractivity contribution in [2.75, 3.05) is 24.3 Å². The SMILES string of the molecule is COc1ccc(N)c(N2CCCCC2=O)c1. The monoisotopic (exact) mass is 220 g/mol. The molecule has 1 saturated heterocycles. The number of hydrogen-bond acceptors (Lipinski definition) is 3. The van der Waals surface area contributed by atoms with Gasteiger partial charge in [0.1, 0.15) is 5.75 Å². The van der Waals surface area contributed by atoms with Gasteiger partial charge in [0.05, 0.1) is 18.5 Å². The predicted molar refractivity (Wildman–Crippen MR) is 63.6 cm³/mol. The van der Waals surface area contributed by atoms with Gasteiger partial charge in [0, 0.05) is 19.0 Å². The van der Waals surface area contributed by atoms with Crippen LogP contribution in [0.5, 0.6) is 5.75 Å². The zero-order valence-corrected chi connectivity index (χ0v) is 9.40. The quantitative estimate of drug-likeness (QED) is 0.773. The molecule has 1 aromatic carbocycles. The Bertz CT molecular complexity index is 404. The summed E-state index contributed by atoms with van der Waals surface area (Å²) in [5.41, 5.74) is 7.28. The van der Waals surface area contributed by atoms with Gasteiger partial charge in [-0.25, -0.2) is 0 Å². The minimum Gasteiger partial charge on any atom is -0.497 e. The average molecular weight is 220 g/mol. The molecule has 1 aromatic rings. The van der Waals surface area contributed by atoms with Gasteiger partial charge in [0.2, 0.25) is 5.91 Å². The Labute approximate surface area is 95.0 Å². The van der Waals surface area contributed by atoms with Crippen LogP contribution in [0, 0.1) is 0 Å². The van der Waals surface area contributed by atoms with Gasteiger partial charge in [-0.2, -0.15) is 0 Å². The van der Waals surface area contributed by atoms with Gasteiger partial charge in [-0.3, -0.25) is 4.79 Å². The summed E-state index contributed by atoms with van der Waals surface area (Å²) in [7, 11) is 1.60. The van der Waals surface area contributed by atoms with Crippen LogP contribution in [0.4, 0.5) is 11.4 Å². The number of anilines is 2. The molecule has 4 heteroatoms. The Morgan fingerprint density at radius 1 is 1.38 bits per heavy atom. The largest absolute Gasteiger partial charge is 0.497 e. The standard InChI is InChI=1S/C12H16N2O2/c1-16-9-5-6-10(13)11(8-9)14-7-3-2-4-12(14)15/h5-6,8H,2-4,7,13H2,1H3. The lowest BCUT2D eigenvalue weighted by molar-refractivity contribution is -0.119. The van der Waals surface area contributed by atoms with Crippen LogP contribution >= 0.6 is 0 Å². The highest BCUT2D eigenvalue weighted by Crippen LogP contribution is 2.30. The first kappa shape index (κ1) is 10.8. The number of rotatable bonds is 2. The summed E-state index contributed by atoms with van der Waals surface area (Å²) in [5.74, 6) is 0.869. The third-order valence-corrected chi connectivity index (χ3v) is 2.85. The van der Waals surface area contributed by atoms with Gasteiger partial charge in [0.15, 0.2) is 0 Å². The molecular weight excluding hydrogens is 204 g/mol. The molecule has 0 spiro atoms. The molecule has 2 rings (SSSR count). The van der Waals surface area contributed by atoms with Crippen LogP contribution in [-0.2, 0) is 4.79 Å². The summed E-state index contributed by atoms with van der Waals surface area (Å²) in [5, 5.41) is 0. The fourth-order valence-electron chi connectivity index (χ4n) is 1.94. The van der Waals surface area contributed by atoms with E-state index in [0.29, 0.717) is 12.1 Å². The lowest BCUT2D eigenvalue weighted by Crippen LogP contribution is -2.35.